The zero-order chi connectivity index (χ0) is 7.98. The Balaban J connectivity index is 3.40. The van der Waals surface area contributed by atoms with Gasteiger partial charge in [-0.3, -0.25) is 4.79 Å². The van der Waals surface area contributed by atoms with E-state index in [2.05, 4.69) is 6.58 Å². The molecule has 0 rings (SSSR count). The van der Waals surface area contributed by atoms with Crippen molar-refractivity contribution in [1.29, 1.82) is 0 Å². The van der Waals surface area contributed by atoms with Crippen molar-refractivity contribution >= 4 is 12.1 Å². The second kappa shape index (κ2) is 4.91. The second-order valence-corrected chi connectivity index (χ2v) is 2.26. The van der Waals surface area contributed by atoms with E-state index < -0.39 is 0 Å². The number of Topliss-reactive ketones (excluding diaryl/α,β-unsaturated/α-hetero) is 1. The van der Waals surface area contributed by atoms with Crippen LogP contribution in [0.4, 0.5) is 0 Å². The van der Waals surface area contributed by atoms with Gasteiger partial charge in [0.05, 0.1) is 0 Å². The molecule has 0 aromatic rings. The van der Waals surface area contributed by atoms with Crippen LogP contribution < -0.4 is 0 Å². The summed E-state index contributed by atoms with van der Waals surface area (Å²) in [6.07, 6.45) is 2.40. The summed E-state index contributed by atoms with van der Waals surface area (Å²) in [6, 6.07) is 0. The average molecular weight is 140 g/mol. The zero-order valence-corrected chi connectivity index (χ0v) is 6.22. The third-order valence-electron chi connectivity index (χ3n) is 1.20. The lowest BCUT2D eigenvalue weighted by Crippen LogP contribution is -1.97. The van der Waals surface area contributed by atoms with Gasteiger partial charge in [0.25, 0.3) is 0 Å². The minimum atomic E-state index is 0.0573. The molecule has 0 N–H and O–H groups in total. The fourth-order valence-corrected chi connectivity index (χ4v) is 0.559. The van der Waals surface area contributed by atoms with Crippen LogP contribution >= 0.6 is 0 Å². The quantitative estimate of drug-likeness (QED) is 0.329. The number of carbonyl (C=O) groups is 2. The minimum absolute atomic E-state index is 0.0573. The van der Waals surface area contributed by atoms with E-state index in [1.165, 1.54) is 0 Å². The monoisotopic (exact) mass is 140 g/mol. The van der Waals surface area contributed by atoms with E-state index >= 15 is 0 Å². The Morgan fingerprint density at radius 3 is 2.60 bits per heavy atom. The maximum atomic E-state index is 10.8. The summed E-state index contributed by atoms with van der Waals surface area (Å²) in [5.41, 5.74) is 0.575. The first kappa shape index (κ1) is 9.08. The number of aldehydes is 1. The van der Waals surface area contributed by atoms with E-state index in [-0.39, 0.29) is 5.78 Å². The summed E-state index contributed by atoms with van der Waals surface area (Å²) in [5.74, 6) is 0.0573. The zero-order valence-electron chi connectivity index (χ0n) is 6.22. The van der Waals surface area contributed by atoms with Crippen molar-refractivity contribution in [3.8, 4) is 0 Å². The Labute approximate surface area is 60.9 Å². The lowest BCUT2D eigenvalue weighted by molar-refractivity contribution is -0.115. The highest BCUT2D eigenvalue weighted by Gasteiger charge is 1.99. The third kappa shape index (κ3) is 4.01. The maximum absolute atomic E-state index is 10.8. The molecule has 0 saturated heterocycles. The third-order valence-corrected chi connectivity index (χ3v) is 1.20. The van der Waals surface area contributed by atoms with Gasteiger partial charge in [-0.25, -0.2) is 0 Å². The molecule has 0 bridgehead atoms. The van der Waals surface area contributed by atoms with Crippen molar-refractivity contribution in [2.24, 2.45) is 0 Å². The van der Waals surface area contributed by atoms with Gasteiger partial charge in [-0.05, 0) is 18.9 Å². The Hall–Kier alpha value is -0.920. The van der Waals surface area contributed by atoms with Gasteiger partial charge in [0.15, 0.2) is 5.78 Å². The molecule has 10 heavy (non-hydrogen) atoms. The van der Waals surface area contributed by atoms with Crippen molar-refractivity contribution in [2.75, 3.05) is 0 Å². The van der Waals surface area contributed by atoms with Gasteiger partial charge >= 0.3 is 0 Å². The molecule has 0 unspecified atom stereocenters. The summed E-state index contributed by atoms with van der Waals surface area (Å²) in [7, 11) is 0. The predicted molar refractivity (Wildman–Crippen MR) is 39.7 cm³/mol. The van der Waals surface area contributed by atoms with E-state index in [1.54, 1.807) is 6.92 Å². The molecule has 2 nitrogen and oxygen atoms in total. The van der Waals surface area contributed by atoms with Crippen molar-refractivity contribution in [3.05, 3.63) is 12.2 Å². The van der Waals surface area contributed by atoms with Gasteiger partial charge in [-0.1, -0.05) is 6.58 Å². The van der Waals surface area contributed by atoms with Crippen LogP contribution in [0.25, 0.3) is 0 Å². The predicted octanol–water partition coefficient (Wildman–Crippen LogP) is 1.50. The molecule has 0 radical (unpaired) electrons. The number of unbranched alkanes of at least 4 members (excludes halogenated alkanes) is 1. The highest BCUT2D eigenvalue weighted by molar-refractivity contribution is 5.94. The van der Waals surface area contributed by atoms with Crippen LogP contribution in [0, 0.1) is 0 Å². The van der Waals surface area contributed by atoms with Crippen LogP contribution in [0.2, 0.25) is 0 Å². The molecule has 0 aromatic carbocycles. The highest BCUT2D eigenvalue weighted by Crippen LogP contribution is 2.00. The van der Waals surface area contributed by atoms with Gasteiger partial charge in [-0.2, -0.15) is 0 Å². The molecule has 0 saturated carbocycles. The number of hydrogen-bond donors (Lipinski definition) is 0. The fraction of sp³-hybridized carbons (Fsp3) is 0.500. The molecule has 0 atom stereocenters. The number of rotatable bonds is 5. The van der Waals surface area contributed by atoms with E-state index in [0.717, 1.165) is 6.29 Å². The van der Waals surface area contributed by atoms with Crippen LogP contribution in [0.5, 0.6) is 0 Å². The Morgan fingerprint density at radius 2 is 2.20 bits per heavy atom. The Bertz CT molecular complexity index is 147. The fourth-order valence-electron chi connectivity index (χ4n) is 0.559. The molecule has 0 aliphatic heterocycles. The maximum Gasteiger partial charge on any atom is 0.158 e. The first-order valence-electron chi connectivity index (χ1n) is 3.31. The van der Waals surface area contributed by atoms with Crippen molar-refractivity contribution in [3.63, 3.8) is 0 Å². The smallest absolute Gasteiger partial charge is 0.158 e. The molecule has 0 aliphatic rings. The summed E-state index contributed by atoms with van der Waals surface area (Å²) in [6.45, 7) is 5.18. The summed E-state index contributed by atoms with van der Waals surface area (Å²) >= 11 is 0. The first-order chi connectivity index (χ1) is 4.68. The molecule has 56 valence electrons. The summed E-state index contributed by atoms with van der Waals surface area (Å²) in [4.78, 5) is 20.6. The van der Waals surface area contributed by atoms with Gasteiger partial charge < -0.3 is 4.79 Å². The molecule has 0 fully saturated rings. The largest absolute Gasteiger partial charge is 0.303 e. The van der Waals surface area contributed by atoms with E-state index in [1.807, 2.05) is 0 Å². The van der Waals surface area contributed by atoms with Gasteiger partial charge in [0.1, 0.15) is 6.29 Å². The Kier molecular flexibility index (Phi) is 4.46. The van der Waals surface area contributed by atoms with Crippen LogP contribution in [0.15, 0.2) is 12.2 Å². The second-order valence-electron chi connectivity index (χ2n) is 2.26. The van der Waals surface area contributed by atoms with Gasteiger partial charge in [-0.15, -0.1) is 0 Å². The standard InChI is InChI=1S/C8H12O2/c1-7(2)8(10)5-3-4-6-9/h6H,1,3-5H2,2H3. The van der Waals surface area contributed by atoms with Crippen molar-refractivity contribution < 1.29 is 9.59 Å². The molecule has 0 heterocycles. The van der Waals surface area contributed by atoms with Crippen molar-refractivity contribution in [2.45, 2.75) is 26.2 Å². The first-order valence-corrected chi connectivity index (χ1v) is 3.31. The highest BCUT2D eigenvalue weighted by atomic mass is 16.1. The van der Waals surface area contributed by atoms with E-state index in [4.69, 9.17) is 0 Å². The average Bonchev–Trinajstić information content (AvgIpc) is 1.88. The number of carbonyl (C=O) groups excluding carboxylic acids is 2. The molecular formula is C8H12O2. The lowest BCUT2D eigenvalue weighted by Gasteiger charge is -1.94. The number of hydrogen-bond acceptors (Lipinski definition) is 2. The summed E-state index contributed by atoms with van der Waals surface area (Å²) < 4.78 is 0. The summed E-state index contributed by atoms with van der Waals surface area (Å²) in [5, 5.41) is 0. The topological polar surface area (TPSA) is 34.1 Å². The molecule has 0 amide bonds. The van der Waals surface area contributed by atoms with Gasteiger partial charge in [0, 0.05) is 12.8 Å². The van der Waals surface area contributed by atoms with Crippen LogP contribution in [-0.4, -0.2) is 12.1 Å². The molecule has 0 aliphatic carbocycles. The van der Waals surface area contributed by atoms with Crippen LogP contribution in [0.1, 0.15) is 26.2 Å². The van der Waals surface area contributed by atoms with Crippen LogP contribution in [-0.2, 0) is 9.59 Å². The van der Waals surface area contributed by atoms with Gasteiger partial charge in [0.2, 0.25) is 0 Å². The molecule has 0 aromatic heterocycles. The normalized spacial score (nSPS) is 8.90. The molecule has 2 heteroatoms. The Morgan fingerprint density at radius 1 is 1.60 bits per heavy atom. The van der Waals surface area contributed by atoms with E-state index in [0.29, 0.717) is 24.8 Å². The minimum Gasteiger partial charge on any atom is -0.303 e. The van der Waals surface area contributed by atoms with Crippen LogP contribution in [0.3, 0.4) is 0 Å². The van der Waals surface area contributed by atoms with E-state index in [9.17, 15) is 9.59 Å². The number of ketones is 1. The van der Waals surface area contributed by atoms with Crippen molar-refractivity contribution in [1.82, 2.24) is 0 Å². The lowest BCUT2D eigenvalue weighted by atomic mass is 10.1. The number of allylic oxidation sites excluding steroid dienone is 1. The molecule has 0 spiro atoms. The molecular weight excluding hydrogens is 128 g/mol. The SMILES string of the molecule is C=C(C)C(=O)CCCC=O.